The zero-order valence-corrected chi connectivity index (χ0v) is 12.1. The summed E-state index contributed by atoms with van der Waals surface area (Å²) in [6, 6.07) is -0.0680. The summed E-state index contributed by atoms with van der Waals surface area (Å²) < 4.78 is 5.27. The first kappa shape index (κ1) is 14.0. The van der Waals surface area contributed by atoms with Gasteiger partial charge in [-0.05, 0) is 19.4 Å². The largest absolute Gasteiger partial charge is 0.358 e. The summed E-state index contributed by atoms with van der Waals surface area (Å²) in [6.45, 7) is 7.57. The maximum Gasteiger partial charge on any atom is 0.237 e. The molecule has 6 nitrogen and oxygen atoms in total. The molecule has 1 amide bonds. The van der Waals surface area contributed by atoms with E-state index < -0.39 is 0 Å². The molecule has 1 saturated heterocycles. The fourth-order valence-corrected chi connectivity index (χ4v) is 2.28. The Hall–Kier alpha value is -1.43. The molecule has 1 aliphatic heterocycles. The van der Waals surface area contributed by atoms with E-state index in [9.17, 15) is 4.79 Å². The SMILES string of the molecule is CNC(=O)[C@@H]1CCCN1Cc1noc(C(C)(C)C)n1. The van der Waals surface area contributed by atoms with Crippen molar-refractivity contribution in [2.24, 2.45) is 0 Å². The van der Waals surface area contributed by atoms with Crippen molar-refractivity contribution < 1.29 is 9.32 Å². The van der Waals surface area contributed by atoms with Crippen LogP contribution in [-0.4, -0.2) is 40.6 Å². The number of hydrogen-bond donors (Lipinski definition) is 1. The second-order valence-electron chi connectivity index (χ2n) is 6.01. The molecule has 0 unspecified atom stereocenters. The molecule has 2 rings (SSSR count). The number of aromatic nitrogens is 2. The highest BCUT2D eigenvalue weighted by molar-refractivity contribution is 5.81. The molecule has 19 heavy (non-hydrogen) atoms. The highest BCUT2D eigenvalue weighted by atomic mass is 16.5. The summed E-state index contributed by atoms with van der Waals surface area (Å²) in [7, 11) is 1.67. The molecule has 0 radical (unpaired) electrons. The highest BCUT2D eigenvalue weighted by Gasteiger charge is 2.31. The molecule has 1 fully saturated rings. The van der Waals surface area contributed by atoms with Gasteiger partial charge < -0.3 is 9.84 Å². The summed E-state index contributed by atoms with van der Waals surface area (Å²) in [5, 5.41) is 6.71. The number of nitrogens with one attached hydrogen (secondary N) is 1. The summed E-state index contributed by atoms with van der Waals surface area (Å²) in [5.41, 5.74) is -0.142. The third kappa shape index (κ3) is 3.12. The van der Waals surface area contributed by atoms with Crippen LogP contribution in [0.1, 0.15) is 45.3 Å². The molecule has 0 saturated carbocycles. The monoisotopic (exact) mass is 266 g/mol. The predicted octanol–water partition coefficient (Wildman–Crippen LogP) is 1.08. The molecule has 1 N–H and O–H groups in total. The smallest absolute Gasteiger partial charge is 0.237 e. The lowest BCUT2D eigenvalue weighted by Gasteiger charge is -2.21. The predicted molar refractivity (Wildman–Crippen MR) is 70.5 cm³/mol. The molecular formula is C13H22N4O2. The van der Waals surface area contributed by atoms with Gasteiger partial charge in [-0.2, -0.15) is 4.98 Å². The van der Waals surface area contributed by atoms with Gasteiger partial charge in [-0.1, -0.05) is 25.9 Å². The molecule has 6 heteroatoms. The first-order valence-corrected chi connectivity index (χ1v) is 6.70. The Morgan fingerprint density at radius 3 is 2.84 bits per heavy atom. The molecule has 0 aliphatic carbocycles. The van der Waals surface area contributed by atoms with Gasteiger partial charge in [-0.3, -0.25) is 9.69 Å². The third-order valence-electron chi connectivity index (χ3n) is 3.37. The number of carbonyl (C=O) groups is 1. The van der Waals surface area contributed by atoms with Crippen molar-refractivity contribution in [3.63, 3.8) is 0 Å². The molecule has 1 atom stereocenters. The van der Waals surface area contributed by atoms with Crippen LogP contribution in [0.2, 0.25) is 0 Å². The summed E-state index contributed by atoms with van der Waals surface area (Å²) in [4.78, 5) is 18.3. The molecule has 0 bridgehead atoms. The molecule has 2 heterocycles. The van der Waals surface area contributed by atoms with Crippen LogP contribution < -0.4 is 5.32 Å². The van der Waals surface area contributed by atoms with E-state index in [1.807, 2.05) is 20.8 Å². The van der Waals surface area contributed by atoms with E-state index >= 15 is 0 Å². The number of nitrogens with zero attached hydrogens (tertiary/aromatic N) is 3. The van der Waals surface area contributed by atoms with E-state index in [0.29, 0.717) is 18.3 Å². The van der Waals surface area contributed by atoms with Crippen molar-refractivity contribution in [3.8, 4) is 0 Å². The van der Waals surface area contributed by atoms with Crippen LogP contribution >= 0.6 is 0 Å². The van der Waals surface area contributed by atoms with Crippen LogP contribution in [0.5, 0.6) is 0 Å². The van der Waals surface area contributed by atoms with Gasteiger partial charge in [-0.25, -0.2) is 0 Å². The molecule has 1 aromatic heterocycles. The summed E-state index contributed by atoms with van der Waals surface area (Å²) in [6.07, 6.45) is 1.92. The Kier molecular flexibility index (Phi) is 3.89. The lowest BCUT2D eigenvalue weighted by Crippen LogP contribution is -2.41. The van der Waals surface area contributed by atoms with E-state index in [1.54, 1.807) is 7.05 Å². The fourth-order valence-electron chi connectivity index (χ4n) is 2.28. The zero-order valence-electron chi connectivity index (χ0n) is 12.1. The van der Waals surface area contributed by atoms with Gasteiger partial charge in [-0.15, -0.1) is 0 Å². The number of likely N-dealkylation sites (N-methyl/N-ethyl adjacent to an activating group) is 1. The van der Waals surface area contributed by atoms with Gasteiger partial charge >= 0.3 is 0 Å². The van der Waals surface area contributed by atoms with E-state index in [4.69, 9.17) is 4.52 Å². The van der Waals surface area contributed by atoms with Gasteiger partial charge in [0.2, 0.25) is 11.8 Å². The number of hydrogen-bond acceptors (Lipinski definition) is 5. The zero-order chi connectivity index (χ0) is 14.0. The quantitative estimate of drug-likeness (QED) is 0.886. The standard InChI is InChI=1S/C13H22N4O2/c1-13(2,3)12-15-10(16-19-12)8-17-7-5-6-9(17)11(18)14-4/h9H,5-8H2,1-4H3,(H,14,18)/t9-/m0/s1. The number of carbonyl (C=O) groups excluding carboxylic acids is 1. The van der Waals surface area contributed by atoms with Crippen molar-refractivity contribution >= 4 is 5.91 Å². The molecule has 1 aliphatic rings. The first-order valence-electron chi connectivity index (χ1n) is 6.70. The Balaban J connectivity index is 2.04. The van der Waals surface area contributed by atoms with Gasteiger partial charge in [0.05, 0.1) is 12.6 Å². The van der Waals surface area contributed by atoms with Gasteiger partial charge in [0.15, 0.2) is 5.82 Å². The van der Waals surface area contributed by atoms with Crippen LogP contribution in [0.4, 0.5) is 0 Å². The minimum absolute atomic E-state index is 0.0667. The van der Waals surface area contributed by atoms with E-state index in [0.717, 1.165) is 19.4 Å². The van der Waals surface area contributed by atoms with E-state index in [-0.39, 0.29) is 17.4 Å². The second-order valence-corrected chi connectivity index (χ2v) is 6.01. The molecule has 106 valence electrons. The molecule has 1 aromatic rings. The van der Waals surface area contributed by atoms with Crippen LogP contribution in [0, 0.1) is 0 Å². The van der Waals surface area contributed by atoms with Gasteiger partial charge in [0.1, 0.15) is 0 Å². The Labute approximate surface area is 113 Å². The van der Waals surface area contributed by atoms with Crippen molar-refractivity contribution in [1.82, 2.24) is 20.4 Å². The number of amides is 1. The van der Waals surface area contributed by atoms with Crippen molar-refractivity contribution in [2.75, 3.05) is 13.6 Å². The molecule has 0 aromatic carbocycles. The minimum atomic E-state index is -0.142. The van der Waals surface area contributed by atoms with E-state index in [2.05, 4.69) is 20.4 Å². The van der Waals surface area contributed by atoms with Crippen molar-refractivity contribution in [3.05, 3.63) is 11.7 Å². The Morgan fingerprint density at radius 1 is 1.53 bits per heavy atom. The van der Waals surface area contributed by atoms with Crippen LogP contribution in [-0.2, 0) is 16.8 Å². The van der Waals surface area contributed by atoms with Crippen LogP contribution in [0.3, 0.4) is 0 Å². The Morgan fingerprint density at radius 2 is 2.26 bits per heavy atom. The maximum absolute atomic E-state index is 11.8. The molecule has 0 spiro atoms. The second kappa shape index (κ2) is 5.28. The van der Waals surface area contributed by atoms with Crippen molar-refractivity contribution in [1.29, 1.82) is 0 Å². The first-order chi connectivity index (χ1) is 8.91. The third-order valence-corrected chi connectivity index (χ3v) is 3.37. The average molecular weight is 266 g/mol. The van der Waals surface area contributed by atoms with Crippen molar-refractivity contribution in [2.45, 2.75) is 51.6 Å². The van der Waals surface area contributed by atoms with Gasteiger partial charge in [0, 0.05) is 12.5 Å². The number of likely N-dealkylation sites (tertiary alicyclic amines) is 1. The van der Waals surface area contributed by atoms with Crippen LogP contribution in [0.15, 0.2) is 4.52 Å². The number of rotatable bonds is 3. The average Bonchev–Trinajstić information content (AvgIpc) is 2.97. The highest BCUT2D eigenvalue weighted by Crippen LogP contribution is 2.22. The lowest BCUT2D eigenvalue weighted by atomic mass is 9.97. The fraction of sp³-hybridized carbons (Fsp3) is 0.769. The maximum atomic E-state index is 11.8. The van der Waals surface area contributed by atoms with Gasteiger partial charge in [0.25, 0.3) is 0 Å². The summed E-state index contributed by atoms with van der Waals surface area (Å²) >= 11 is 0. The van der Waals surface area contributed by atoms with E-state index in [1.165, 1.54) is 0 Å². The van der Waals surface area contributed by atoms with Crippen LogP contribution in [0.25, 0.3) is 0 Å². The Bertz CT molecular complexity index is 450. The normalized spacial score (nSPS) is 20.7. The lowest BCUT2D eigenvalue weighted by molar-refractivity contribution is -0.125. The topological polar surface area (TPSA) is 71.3 Å². The minimum Gasteiger partial charge on any atom is -0.358 e. The summed E-state index contributed by atoms with van der Waals surface area (Å²) in [5.74, 6) is 1.36. The molecular weight excluding hydrogens is 244 g/mol.